The van der Waals surface area contributed by atoms with Crippen LogP contribution in [0.1, 0.15) is 38.6 Å². The van der Waals surface area contributed by atoms with Crippen molar-refractivity contribution in [3.05, 3.63) is 34.2 Å². The summed E-state index contributed by atoms with van der Waals surface area (Å²) in [7, 11) is 0. The molecule has 0 spiro atoms. The molecule has 1 atom stereocenters. The van der Waals surface area contributed by atoms with Gasteiger partial charge in [-0.15, -0.1) is 0 Å². The maximum Gasteiger partial charge on any atom is 0.225 e. The Kier molecular flexibility index (Phi) is 6.87. The summed E-state index contributed by atoms with van der Waals surface area (Å²) >= 11 is 12.1. The van der Waals surface area contributed by atoms with Crippen LogP contribution in [-0.4, -0.2) is 43.2 Å². The Labute approximate surface area is 199 Å². The van der Waals surface area contributed by atoms with Gasteiger partial charge in [0.1, 0.15) is 11.3 Å². The van der Waals surface area contributed by atoms with Crippen molar-refractivity contribution in [3.63, 3.8) is 0 Å². The molecule has 2 heterocycles. The van der Waals surface area contributed by atoms with Crippen LogP contribution in [0.25, 0.3) is 11.2 Å². The van der Waals surface area contributed by atoms with E-state index in [9.17, 15) is 14.3 Å². The number of nitrogens with one attached hydrogen (secondary N) is 2. The molecule has 1 aliphatic rings. The lowest BCUT2D eigenvalue weighted by Crippen LogP contribution is -2.29. The third-order valence-electron chi connectivity index (χ3n) is 5.79. The molecule has 1 aromatic carbocycles. The van der Waals surface area contributed by atoms with Gasteiger partial charge in [-0.3, -0.25) is 9.36 Å². The first-order valence-electron chi connectivity index (χ1n) is 10.6. The van der Waals surface area contributed by atoms with E-state index < -0.39 is 5.82 Å². The predicted molar refractivity (Wildman–Crippen MR) is 125 cm³/mol. The van der Waals surface area contributed by atoms with Gasteiger partial charge in [-0.2, -0.15) is 4.98 Å². The summed E-state index contributed by atoms with van der Waals surface area (Å²) in [6, 6.07) is 2.31. The number of aromatic nitrogens is 4. The van der Waals surface area contributed by atoms with Gasteiger partial charge in [-0.05, 0) is 44.7 Å². The second kappa shape index (κ2) is 9.66. The van der Waals surface area contributed by atoms with E-state index in [2.05, 4.69) is 25.6 Å². The molecule has 0 aliphatic heterocycles. The lowest BCUT2D eigenvalue weighted by atomic mass is 9.85. The fourth-order valence-corrected chi connectivity index (χ4v) is 4.57. The fourth-order valence-electron chi connectivity index (χ4n) is 4.05. The van der Waals surface area contributed by atoms with Crippen molar-refractivity contribution in [2.75, 3.05) is 17.2 Å². The number of benzene rings is 1. The van der Waals surface area contributed by atoms with Gasteiger partial charge in [0, 0.05) is 23.0 Å². The number of carbonyl (C=O) groups is 1. The van der Waals surface area contributed by atoms with Crippen LogP contribution in [0.5, 0.6) is 0 Å². The molecule has 0 radical (unpaired) electrons. The Bertz CT molecular complexity index is 1160. The maximum atomic E-state index is 14.6. The van der Waals surface area contributed by atoms with Crippen molar-refractivity contribution in [1.29, 1.82) is 0 Å². The van der Waals surface area contributed by atoms with Crippen LogP contribution in [0, 0.1) is 11.7 Å². The summed E-state index contributed by atoms with van der Waals surface area (Å²) in [4.78, 5) is 25.1. The summed E-state index contributed by atoms with van der Waals surface area (Å²) < 4.78 is 16.5. The standard InChI is InChI=1S/C21H24Cl2FN7O2/c1-10(9-32)27-20-26-8-16-19(30-20)31(13-4-2-11(3-5-13)18(25)33)21(28-16)29-17-14(23)6-12(22)7-15(17)24/h6-8,10-11,13,32H,2-5,9H2,1H3,(H2,25,33)(H,28,29)(H,26,27,30)/t10-,11-,13+/m0/s1. The molecular weight excluding hydrogens is 472 g/mol. The van der Waals surface area contributed by atoms with Gasteiger partial charge in [-0.1, -0.05) is 23.2 Å². The van der Waals surface area contributed by atoms with Crippen LogP contribution in [0.2, 0.25) is 10.0 Å². The van der Waals surface area contributed by atoms with E-state index in [1.54, 1.807) is 13.1 Å². The van der Waals surface area contributed by atoms with Crippen molar-refractivity contribution >= 4 is 57.9 Å². The number of hydrogen-bond acceptors (Lipinski definition) is 7. The second-order valence-corrected chi connectivity index (χ2v) is 9.06. The topological polar surface area (TPSA) is 131 Å². The minimum absolute atomic E-state index is 0.0451. The molecule has 12 heteroatoms. The van der Waals surface area contributed by atoms with E-state index in [4.69, 9.17) is 28.9 Å². The predicted octanol–water partition coefficient (Wildman–Crippen LogP) is 4.03. The highest BCUT2D eigenvalue weighted by Crippen LogP contribution is 2.38. The van der Waals surface area contributed by atoms with Crippen molar-refractivity contribution in [1.82, 2.24) is 19.5 Å². The Morgan fingerprint density at radius 1 is 1.30 bits per heavy atom. The zero-order valence-electron chi connectivity index (χ0n) is 17.9. The Balaban J connectivity index is 1.77. The summed E-state index contributed by atoms with van der Waals surface area (Å²) in [5.41, 5.74) is 6.57. The molecule has 0 saturated heterocycles. The van der Waals surface area contributed by atoms with Gasteiger partial charge < -0.3 is 21.5 Å². The first-order valence-corrected chi connectivity index (χ1v) is 11.4. The monoisotopic (exact) mass is 495 g/mol. The number of fused-ring (bicyclic) bond motifs is 1. The van der Waals surface area contributed by atoms with E-state index in [0.717, 1.165) is 0 Å². The quantitative estimate of drug-likeness (QED) is 0.389. The molecule has 1 amide bonds. The average Bonchev–Trinajstić information content (AvgIpc) is 3.13. The SMILES string of the molecule is C[C@@H](CO)Nc1ncc2nc(Nc3c(F)cc(Cl)cc3Cl)n([C@H]3CC[C@@H](C(N)=O)CC3)c2n1. The highest BCUT2D eigenvalue weighted by atomic mass is 35.5. The molecule has 5 N–H and O–H groups in total. The molecule has 33 heavy (non-hydrogen) atoms. The van der Waals surface area contributed by atoms with Crippen LogP contribution in [0.15, 0.2) is 18.3 Å². The van der Waals surface area contributed by atoms with Crippen molar-refractivity contribution in [2.45, 2.75) is 44.7 Å². The van der Waals surface area contributed by atoms with Crippen LogP contribution in [-0.2, 0) is 4.79 Å². The number of imidazole rings is 1. The maximum absolute atomic E-state index is 14.6. The molecule has 3 aromatic rings. The number of carbonyl (C=O) groups excluding carboxylic acids is 1. The third-order valence-corrected chi connectivity index (χ3v) is 6.31. The number of aliphatic hydroxyl groups excluding tert-OH is 1. The Morgan fingerprint density at radius 3 is 2.67 bits per heavy atom. The van der Waals surface area contributed by atoms with Crippen molar-refractivity contribution in [3.8, 4) is 0 Å². The van der Waals surface area contributed by atoms with Gasteiger partial charge in [-0.25, -0.2) is 14.4 Å². The molecule has 1 aliphatic carbocycles. The zero-order chi connectivity index (χ0) is 23.7. The number of rotatable bonds is 7. The third kappa shape index (κ3) is 4.97. The molecule has 1 fully saturated rings. The number of nitrogens with zero attached hydrogens (tertiary/aromatic N) is 4. The summed E-state index contributed by atoms with van der Waals surface area (Å²) in [5.74, 6) is -0.415. The number of amides is 1. The molecule has 2 aromatic heterocycles. The number of halogens is 3. The number of primary amides is 1. The summed E-state index contributed by atoms with van der Waals surface area (Å²) in [6.45, 7) is 1.72. The summed E-state index contributed by atoms with van der Waals surface area (Å²) in [6.07, 6.45) is 4.17. The molecule has 0 bridgehead atoms. The van der Waals surface area contributed by atoms with Gasteiger partial charge in [0.25, 0.3) is 0 Å². The number of aliphatic hydroxyl groups is 1. The minimum Gasteiger partial charge on any atom is -0.394 e. The van der Waals surface area contributed by atoms with Crippen LogP contribution < -0.4 is 16.4 Å². The zero-order valence-corrected chi connectivity index (χ0v) is 19.4. The first-order chi connectivity index (χ1) is 15.8. The van der Waals surface area contributed by atoms with E-state index in [1.165, 1.54) is 12.1 Å². The van der Waals surface area contributed by atoms with Crippen molar-refractivity contribution < 1.29 is 14.3 Å². The minimum atomic E-state index is -0.617. The highest BCUT2D eigenvalue weighted by molar-refractivity contribution is 6.36. The van der Waals surface area contributed by atoms with E-state index in [0.29, 0.717) is 48.7 Å². The van der Waals surface area contributed by atoms with Gasteiger partial charge in [0.05, 0.1) is 23.5 Å². The van der Waals surface area contributed by atoms with E-state index >= 15 is 0 Å². The molecular formula is C21H24Cl2FN7O2. The van der Waals surface area contributed by atoms with Gasteiger partial charge >= 0.3 is 0 Å². The smallest absolute Gasteiger partial charge is 0.225 e. The van der Waals surface area contributed by atoms with Crippen LogP contribution in [0.3, 0.4) is 0 Å². The lowest BCUT2D eigenvalue weighted by Gasteiger charge is -2.29. The summed E-state index contributed by atoms with van der Waals surface area (Å²) in [5, 5.41) is 15.7. The van der Waals surface area contributed by atoms with Gasteiger partial charge in [0.2, 0.25) is 17.8 Å². The van der Waals surface area contributed by atoms with E-state index in [1.807, 2.05) is 4.57 Å². The fraction of sp³-hybridized carbons (Fsp3) is 0.429. The molecule has 176 valence electrons. The van der Waals surface area contributed by atoms with Crippen LogP contribution in [0.4, 0.5) is 22.0 Å². The Morgan fingerprint density at radius 2 is 2.03 bits per heavy atom. The van der Waals surface area contributed by atoms with Crippen LogP contribution >= 0.6 is 23.2 Å². The number of nitrogens with two attached hydrogens (primary N) is 1. The number of hydrogen-bond donors (Lipinski definition) is 4. The first kappa shape index (κ1) is 23.5. The van der Waals surface area contributed by atoms with Crippen molar-refractivity contribution in [2.24, 2.45) is 11.7 Å². The van der Waals surface area contributed by atoms with Gasteiger partial charge in [0.15, 0.2) is 5.65 Å². The highest BCUT2D eigenvalue weighted by Gasteiger charge is 2.29. The second-order valence-electron chi connectivity index (χ2n) is 8.21. The largest absolute Gasteiger partial charge is 0.394 e. The Hall–Kier alpha value is -2.69. The average molecular weight is 496 g/mol. The molecule has 1 saturated carbocycles. The van der Waals surface area contributed by atoms with E-state index in [-0.39, 0.29) is 46.2 Å². The lowest BCUT2D eigenvalue weighted by molar-refractivity contribution is -0.122. The normalized spacial score (nSPS) is 19.4. The number of anilines is 3. The molecule has 9 nitrogen and oxygen atoms in total. The molecule has 4 rings (SSSR count). The molecule has 0 unspecified atom stereocenters.